The topological polar surface area (TPSA) is 20.2 Å². The van der Waals surface area contributed by atoms with Crippen molar-refractivity contribution in [3.63, 3.8) is 0 Å². The fourth-order valence-electron chi connectivity index (χ4n) is 3.65. The summed E-state index contributed by atoms with van der Waals surface area (Å²) in [6, 6.07) is 4.86. The van der Waals surface area contributed by atoms with Crippen LogP contribution in [0.5, 0.6) is 0 Å². The third kappa shape index (κ3) is 4.29. The molecular formula is C19H29FO. The van der Waals surface area contributed by atoms with Crippen LogP contribution in [0.4, 0.5) is 4.39 Å². The van der Waals surface area contributed by atoms with Crippen molar-refractivity contribution in [2.75, 3.05) is 0 Å². The molecule has 2 heteroatoms. The van der Waals surface area contributed by atoms with E-state index < -0.39 is 0 Å². The molecule has 0 heterocycles. The Balaban J connectivity index is 1.92. The van der Waals surface area contributed by atoms with Crippen LogP contribution in [0, 0.1) is 30.0 Å². The van der Waals surface area contributed by atoms with Gasteiger partial charge >= 0.3 is 0 Å². The number of hydrogen-bond donors (Lipinski definition) is 1. The molecule has 118 valence electrons. The molecule has 0 aliphatic heterocycles. The Hall–Kier alpha value is -0.890. The largest absolute Gasteiger partial charge is 0.392 e. The first-order valence-corrected chi connectivity index (χ1v) is 8.20. The normalized spacial score (nSPS) is 24.9. The number of aliphatic hydroxyl groups excluding tert-OH is 1. The maximum atomic E-state index is 13.1. The van der Waals surface area contributed by atoms with E-state index >= 15 is 0 Å². The standard InChI is InChI=1S/C19H29FO/c1-13-11-17(20)10-7-15(13)12-18(21)14-5-8-16(9-6-14)19(2,3)4/h7,10-11,14,16,18,21H,5-6,8-9,12H2,1-4H3. The molecule has 1 saturated carbocycles. The average molecular weight is 292 g/mol. The molecule has 0 spiro atoms. The molecule has 0 bridgehead atoms. The SMILES string of the molecule is Cc1cc(F)ccc1CC(O)C1CCC(C(C)(C)C)CC1. The van der Waals surface area contributed by atoms with Gasteiger partial charge < -0.3 is 5.11 Å². The third-order valence-corrected chi connectivity index (χ3v) is 5.27. The molecule has 1 aliphatic rings. The zero-order valence-electron chi connectivity index (χ0n) is 13.8. The Kier molecular flexibility index (Phi) is 5.08. The molecule has 0 amide bonds. The van der Waals surface area contributed by atoms with Crippen LogP contribution in [-0.4, -0.2) is 11.2 Å². The summed E-state index contributed by atoms with van der Waals surface area (Å²) in [4.78, 5) is 0. The summed E-state index contributed by atoms with van der Waals surface area (Å²) in [6.07, 6.45) is 5.01. The Bertz CT molecular complexity index is 467. The van der Waals surface area contributed by atoms with Gasteiger partial charge in [-0.2, -0.15) is 0 Å². The highest BCUT2D eigenvalue weighted by molar-refractivity contribution is 5.27. The first-order valence-electron chi connectivity index (χ1n) is 8.20. The predicted octanol–water partition coefficient (Wildman–Crippen LogP) is 4.89. The molecule has 1 fully saturated rings. The third-order valence-electron chi connectivity index (χ3n) is 5.27. The number of aliphatic hydroxyl groups is 1. The second-order valence-electron chi connectivity index (χ2n) is 7.82. The number of aryl methyl sites for hydroxylation is 1. The minimum absolute atomic E-state index is 0.198. The van der Waals surface area contributed by atoms with Crippen LogP contribution in [0.1, 0.15) is 57.6 Å². The Morgan fingerprint density at radius 3 is 2.33 bits per heavy atom. The lowest BCUT2D eigenvalue weighted by Gasteiger charge is -2.38. The van der Waals surface area contributed by atoms with Gasteiger partial charge in [-0.05, 0) is 79.5 Å². The molecule has 0 radical (unpaired) electrons. The van der Waals surface area contributed by atoms with Gasteiger partial charge in [0.2, 0.25) is 0 Å². The van der Waals surface area contributed by atoms with Crippen LogP contribution in [0.25, 0.3) is 0 Å². The van der Waals surface area contributed by atoms with E-state index in [1.807, 2.05) is 13.0 Å². The summed E-state index contributed by atoms with van der Waals surface area (Å²) in [5.41, 5.74) is 2.39. The highest BCUT2D eigenvalue weighted by atomic mass is 19.1. The molecule has 1 aromatic carbocycles. The zero-order valence-corrected chi connectivity index (χ0v) is 13.8. The average Bonchev–Trinajstić information content (AvgIpc) is 2.41. The van der Waals surface area contributed by atoms with Gasteiger partial charge in [0.1, 0.15) is 5.82 Å². The van der Waals surface area contributed by atoms with Crippen LogP contribution in [0.3, 0.4) is 0 Å². The summed E-state index contributed by atoms with van der Waals surface area (Å²) < 4.78 is 13.1. The molecular weight excluding hydrogens is 263 g/mol. The Labute approximate surface area is 128 Å². The van der Waals surface area contributed by atoms with Crippen LogP contribution in [0.2, 0.25) is 0 Å². The van der Waals surface area contributed by atoms with Crippen LogP contribution >= 0.6 is 0 Å². The van der Waals surface area contributed by atoms with Crippen molar-refractivity contribution in [1.29, 1.82) is 0 Å². The molecule has 1 atom stereocenters. The number of benzene rings is 1. The van der Waals surface area contributed by atoms with E-state index in [1.165, 1.54) is 18.9 Å². The molecule has 0 aromatic heterocycles. The van der Waals surface area contributed by atoms with Gasteiger partial charge in [-0.15, -0.1) is 0 Å². The van der Waals surface area contributed by atoms with Gasteiger partial charge in [0.25, 0.3) is 0 Å². The predicted molar refractivity (Wildman–Crippen MR) is 85.8 cm³/mol. The smallest absolute Gasteiger partial charge is 0.123 e. The molecule has 21 heavy (non-hydrogen) atoms. The maximum Gasteiger partial charge on any atom is 0.123 e. The van der Waals surface area contributed by atoms with Crippen molar-refractivity contribution in [3.05, 3.63) is 35.1 Å². The van der Waals surface area contributed by atoms with Crippen LogP contribution in [-0.2, 0) is 6.42 Å². The lowest BCUT2D eigenvalue weighted by molar-refractivity contribution is 0.0536. The fourth-order valence-corrected chi connectivity index (χ4v) is 3.65. The Morgan fingerprint density at radius 2 is 1.81 bits per heavy atom. The van der Waals surface area contributed by atoms with E-state index in [-0.39, 0.29) is 11.9 Å². The molecule has 1 aromatic rings. The van der Waals surface area contributed by atoms with E-state index in [2.05, 4.69) is 20.8 Å². The summed E-state index contributed by atoms with van der Waals surface area (Å²) in [6.45, 7) is 8.87. The summed E-state index contributed by atoms with van der Waals surface area (Å²) in [5, 5.41) is 10.5. The van der Waals surface area contributed by atoms with Gasteiger partial charge in [0.05, 0.1) is 6.10 Å². The number of halogens is 1. The highest BCUT2D eigenvalue weighted by Gasteiger charge is 2.32. The minimum atomic E-state index is -0.296. The van der Waals surface area contributed by atoms with Crippen molar-refractivity contribution < 1.29 is 9.50 Å². The van der Waals surface area contributed by atoms with Gasteiger partial charge in [0.15, 0.2) is 0 Å². The fraction of sp³-hybridized carbons (Fsp3) is 0.684. The summed E-state index contributed by atoms with van der Waals surface area (Å²) in [5.74, 6) is 0.970. The van der Waals surface area contributed by atoms with Crippen molar-refractivity contribution in [2.24, 2.45) is 17.3 Å². The minimum Gasteiger partial charge on any atom is -0.392 e. The van der Waals surface area contributed by atoms with Gasteiger partial charge in [0, 0.05) is 0 Å². The second kappa shape index (κ2) is 6.48. The van der Waals surface area contributed by atoms with Crippen LogP contribution in [0.15, 0.2) is 18.2 Å². The van der Waals surface area contributed by atoms with Gasteiger partial charge in [-0.1, -0.05) is 26.8 Å². The molecule has 0 saturated heterocycles. The van der Waals surface area contributed by atoms with E-state index in [0.29, 0.717) is 17.8 Å². The maximum absolute atomic E-state index is 13.1. The number of rotatable bonds is 3. The molecule has 1 N–H and O–H groups in total. The van der Waals surface area contributed by atoms with E-state index in [9.17, 15) is 9.50 Å². The molecule has 1 unspecified atom stereocenters. The first kappa shape index (κ1) is 16.5. The second-order valence-corrected chi connectivity index (χ2v) is 7.82. The zero-order chi connectivity index (χ0) is 15.6. The molecule has 1 aliphatic carbocycles. The van der Waals surface area contributed by atoms with Crippen molar-refractivity contribution in [2.45, 2.75) is 65.9 Å². The van der Waals surface area contributed by atoms with Crippen molar-refractivity contribution in [1.82, 2.24) is 0 Å². The Morgan fingerprint density at radius 1 is 1.19 bits per heavy atom. The quantitative estimate of drug-likeness (QED) is 0.841. The lowest BCUT2D eigenvalue weighted by atomic mass is 9.68. The van der Waals surface area contributed by atoms with Crippen LogP contribution < -0.4 is 0 Å². The summed E-state index contributed by atoms with van der Waals surface area (Å²) >= 11 is 0. The lowest BCUT2D eigenvalue weighted by Crippen LogP contribution is -2.31. The number of hydrogen-bond acceptors (Lipinski definition) is 1. The summed E-state index contributed by atoms with van der Waals surface area (Å²) in [7, 11) is 0. The van der Waals surface area contributed by atoms with Gasteiger partial charge in [-0.3, -0.25) is 0 Å². The van der Waals surface area contributed by atoms with E-state index in [4.69, 9.17) is 0 Å². The molecule has 1 nitrogen and oxygen atoms in total. The monoisotopic (exact) mass is 292 g/mol. The van der Waals surface area contributed by atoms with E-state index in [0.717, 1.165) is 29.9 Å². The molecule has 2 rings (SSSR count). The highest BCUT2D eigenvalue weighted by Crippen LogP contribution is 2.41. The van der Waals surface area contributed by atoms with Gasteiger partial charge in [-0.25, -0.2) is 4.39 Å². The van der Waals surface area contributed by atoms with Crippen molar-refractivity contribution >= 4 is 0 Å². The van der Waals surface area contributed by atoms with E-state index in [1.54, 1.807) is 6.07 Å². The van der Waals surface area contributed by atoms with Crippen molar-refractivity contribution in [3.8, 4) is 0 Å². The first-order chi connectivity index (χ1) is 9.77.